The van der Waals surface area contributed by atoms with Crippen molar-refractivity contribution in [3.05, 3.63) is 89.9 Å². The average Bonchev–Trinajstić information content (AvgIpc) is 3.27. The highest BCUT2D eigenvalue weighted by Gasteiger charge is 2.20. The minimum Gasteiger partial charge on any atom is -0.459 e. The van der Waals surface area contributed by atoms with E-state index in [-0.39, 0.29) is 6.54 Å². The number of carbonyl (C=O) groups is 1. The van der Waals surface area contributed by atoms with Crippen LogP contribution in [-0.2, 0) is 6.54 Å². The SMILES string of the molecule is CCCCCCCN(Cc1cc2cc(-c3ccccc3)ccc2o1)C(=O)Nc1c(F)cc(F)cc1F. The van der Waals surface area contributed by atoms with Crippen LogP contribution in [0, 0.1) is 17.5 Å². The number of unbranched alkanes of at least 4 members (excludes halogenated alkanes) is 4. The van der Waals surface area contributed by atoms with Gasteiger partial charge in [-0.2, -0.15) is 0 Å². The first-order valence-electron chi connectivity index (χ1n) is 12.2. The van der Waals surface area contributed by atoms with Gasteiger partial charge in [-0.15, -0.1) is 0 Å². The average molecular weight is 495 g/mol. The first kappa shape index (κ1) is 25.4. The number of urea groups is 1. The molecule has 4 nitrogen and oxygen atoms in total. The van der Waals surface area contributed by atoms with Crippen LogP contribution in [-0.4, -0.2) is 17.5 Å². The van der Waals surface area contributed by atoms with Crippen molar-refractivity contribution in [2.75, 3.05) is 11.9 Å². The summed E-state index contributed by atoms with van der Waals surface area (Å²) in [5.74, 6) is -2.83. The van der Waals surface area contributed by atoms with Crippen molar-refractivity contribution in [1.29, 1.82) is 0 Å². The largest absolute Gasteiger partial charge is 0.459 e. The maximum atomic E-state index is 14.1. The maximum Gasteiger partial charge on any atom is 0.322 e. The van der Waals surface area contributed by atoms with Crippen LogP contribution in [0.5, 0.6) is 0 Å². The number of hydrogen-bond donors (Lipinski definition) is 1. The van der Waals surface area contributed by atoms with Crippen LogP contribution in [0.25, 0.3) is 22.1 Å². The van der Waals surface area contributed by atoms with Gasteiger partial charge in [-0.3, -0.25) is 0 Å². The second-order valence-electron chi connectivity index (χ2n) is 8.84. The standard InChI is InChI=1S/C29H29F3N2O2/c1-2-3-4-5-9-14-34(29(35)33-28-25(31)17-23(30)18-26(28)32)19-24-16-22-15-21(12-13-27(22)36-24)20-10-7-6-8-11-20/h6-8,10-13,15-18H,2-5,9,14,19H2,1H3,(H,33,35). The van der Waals surface area contributed by atoms with Crippen LogP contribution >= 0.6 is 0 Å². The third-order valence-corrected chi connectivity index (χ3v) is 6.08. The van der Waals surface area contributed by atoms with Gasteiger partial charge in [0.25, 0.3) is 0 Å². The molecule has 0 aliphatic rings. The summed E-state index contributed by atoms with van der Waals surface area (Å²) in [6, 6.07) is 18.1. The predicted molar refractivity (Wildman–Crippen MR) is 136 cm³/mol. The molecule has 0 aliphatic carbocycles. The molecule has 4 rings (SSSR count). The van der Waals surface area contributed by atoms with Gasteiger partial charge in [0.1, 0.15) is 22.8 Å². The first-order chi connectivity index (χ1) is 17.4. The highest BCUT2D eigenvalue weighted by Crippen LogP contribution is 2.28. The Balaban J connectivity index is 1.53. The number of rotatable bonds is 10. The lowest BCUT2D eigenvalue weighted by molar-refractivity contribution is 0.203. The number of halogens is 3. The van der Waals surface area contributed by atoms with Crippen molar-refractivity contribution in [2.24, 2.45) is 0 Å². The summed E-state index contributed by atoms with van der Waals surface area (Å²) in [7, 11) is 0. The molecule has 4 aromatic rings. The van der Waals surface area contributed by atoms with Crippen LogP contribution < -0.4 is 5.32 Å². The number of fused-ring (bicyclic) bond motifs is 1. The van der Waals surface area contributed by atoms with E-state index in [0.29, 0.717) is 30.0 Å². The molecule has 0 saturated heterocycles. The summed E-state index contributed by atoms with van der Waals surface area (Å²) < 4.78 is 47.5. The van der Waals surface area contributed by atoms with E-state index in [0.717, 1.165) is 48.6 Å². The molecule has 0 spiro atoms. The Labute approximate surface area is 208 Å². The first-order valence-corrected chi connectivity index (χ1v) is 12.2. The molecule has 0 aliphatic heterocycles. The maximum absolute atomic E-state index is 14.1. The summed E-state index contributed by atoms with van der Waals surface area (Å²) in [6.07, 6.45) is 4.90. The van der Waals surface area contributed by atoms with Gasteiger partial charge in [0.05, 0.1) is 6.54 Å². The summed E-state index contributed by atoms with van der Waals surface area (Å²) in [5, 5.41) is 3.16. The Morgan fingerprint density at radius 3 is 2.31 bits per heavy atom. The molecule has 1 aromatic heterocycles. The number of amides is 2. The van der Waals surface area contributed by atoms with Crippen molar-refractivity contribution < 1.29 is 22.4 Å². The van der Waals surface area contributed by atoms with E-state index in [9.17, 15) is 18.0 Å². The molecular formula is C29H29F3N2O2. The van der Waals surface area contributed by atoms with E-state index in [2.05, 4.69) is 12.2 Å². The lowest BCUT2D eigenvalue weighted by atomic mass is 10.0. The van der Waals surface area contributed by atoms with E-state index in [1.807, 2.05) is 54.6 Å². The zero-order valence-electron chi connectivity index (χ0n) is 20.2. The third-order valence-electron chi connectivity index (χ3n) is 6.08. The minimum absolute atomic E-state index is 0.124. The molecular weight excluding hydrogens is 465 g/mol. The van der Waals surface area contributed by atoms with E-state index >= 15 is 0 Å². The van der Waals surface area contributed by atoms with Crippen molar-refractivity contribution in [3.63, 3.8) is 0 Å². The number of anilines is 1. The zero-order valence-corrected chi connectivity index (χ0v) is 20.2. The fourth-order valence-corrected chi connectivity index (χ4v) is 4.18. The van der Waals surface area contributed by atoms with Gasteiger partial charge in [-0.05, 0) is 35.7 Å². The Hall–Kier alpha value is -3.74. The quantitative estimate of drug-likeness (QED) is 0.225. The van der Waals surface area contributed by atoms with Crippen LogP contribution in [0.3, 0.4) is 0 Å². The van der Waals surface area contributed by atoms with Gasteiger partial charge in [-0.1, -0.05) is 69.0 Å². The molecule has 36 heavy (non-hydrogen) atoms. The lowest BCUT2D eigenvalue weighted by Gasteiger charge is -2.22. The fourth-order valence-electron chi connectivity index (χ4n) is 4.18. The number of carbonyl (C=O) groups excluding carboxylic acids is 1. The second-order valence-corrected chi connectivity index (χ2v) is 8.84. The van der Waals surface area contributed by atoms with Crippen LogP contribution in [0.1, 0.15) is 44.8 Å². The molecule has 0 atom stereocenters. The van der Waals surface area contributed by atoms with Gasteiger partial charge in [0.2, 0.25) is 0 Å². The minimum atomic E-state index is -1.17. The molecule has 7 heteroatoms. The fraction of sp³-hybridized carbons (Fsp3) is 0.276. The van der Waals surface area contributed by atoms with Crippen molar-refractivity contribution >= 4 is 22.7 Å². The summed E-state index contributed by atoms with van der Waals surface area (Å²) in [5.41, 5.74) is 2.14. The van der Waals surface area contributed by atoms with E-state index in [4.69, 9.17) is 4.42 Å². The topological polar surface area (TPSA) is 45.5 Å². The predicted octanol–water partition coefficient (Wildman–Crippen LogP) is 8.52. The normalized spacial score (nSPS) is 11.1. The number of furan rings is 1. The van der Waals surface area contributed by atoms with Gasteiger partial charge in [-0.25, -0.2) is 18.0 Å². The monoisotopic (exact) mass is 494 g/mol. The number of nitrogens with zero attached hydrogens (tertiary/aromatic N) is 1. The zero-order chi connectivity index (χ0) is 25.5. The van der Waals surface area contributed by atoms with Crippen LogP contribution in [0.2, 0.25) is 0 Å². The highest BCUT2D eigenvalue weighted by molar-refractivity contribution is 5.90. The molecule has 1 N–H and O–H groups in total. The molecule has 0 bridgehead atoms. The number of nitrogens with one attached hydrogen (secondary N) is 1. The van der Waals surface area contributed by atoms with Gasteiger partial charge in [0.15, 0.2) is 11.6 Å². The molecule has 0 saturated carbocycles. The van der Waals surface area contributed by atoms with E-state index in [1.54, 1.807) is 0 Å². The molecule has 0 radical (unpaired) electrons. The van der Waals surface area contributed by atoms with Crippen molar-refractivity contribution in [3.8, 4) is 11.1 Å². The van der Waals surface area contributed by atoms with Gasteiger partial charge < -0.3 is 14.6 Å². The summed E-state index contributed by atoms with van der Waals surface area (Å²) >= 11 is 0. The Morgan fingerprint density at radius 2 is 1.58 bits per heavy atom. The molecule has 2 amide bonds. The Bertz CT molecular complexity index is 1300. The molecule has 1 heterocycles. The molecule has 0 fully saturated rings. The Kier molecular flexibility index (Phi) is 8.31. The van der Waals surface area contributed by atoms with Crippen LogP contribution in [0.15, 0.2) is 71.1 Å². The summed E-state index contributed by atoms with van der Waals surface area (Å²) in [4.78, 5) is 14.5. The molecule has 3 aromatic carbocycles. The smallest absolute Gasteiger partial charge is 0.322 e. The summed E-state index contributed by atoms with van der Waals surface area (Å²) in [6.45, 7) is 2.63. The van der Waals surface area contributed by atoms with E-state index in [1.165, 1.54) is 4.90 Å². The van der Waals surface area contributed by atoms with Crippen molar-refractivity contribution in [1.82, 2.24) is 4.90 Å². The lowest BCUT2D eigenvalue weighted by Crippen LogP contribution is -2.35. The highest BCUT2D eigenvalue weighted by atomic mass is 19.1. The van der Waals surface area contributed by atoms with Gasteiger partial charge in [0, 0.05) is 24.1 Å². The Morgan fingerprint density at radius 1 is 0.861 bits per heavy atom. The molecule has 0 unspecified atom stereocenters. The number of benzene rings is 3. The molecule has 188 valence electrons. The van der Waals surface area contributed by atoms with E-state index < -0.39 is 29.2 Å². The van der Waals surface area contributed by atoms with Crippen molar-refractivity contribution in [2.45, 2.75) is 45.6 Å². The third kappa shape index (κ3) is 6.27. The number of hydrogen-bond acceptors (Lipinski definition) is 2. The second kappa shape index (κ2) is 11.8. The van der Waals surface area contributed by atoms with Gasteiger partial charge >= 0.3 is 6.03 Å². The van der Waals surface area contributed by atoms with Crippen LogP contribution in [0.4, 0.5) is 23.7 Å².